The highest BCUT2D eigenvalue weighted by molar-refractivity contribution is 5.72. The molecule has 2 aromatic heterocycles. The van der Waals surface area contributed by atoms with Crippen LogP contribution in [0.25, 0.3) is 5.65 Å². The molecule has 0 spiro atoms. The van der Waals surface area contributed by atoms with E-state index in [-0.39, 0.29) is 0 Å². The van der Waals surface area contributed by atoms with Crippen LogP contribution in [0.2, 0.25) is 0 Å². The SMILES string of the molecule is CC(NCc1nnc2ccccn12)C(=O)O. The van der Waals surface area contributed by atoms with Crippen LogP contribution in [0.1, 0.15) is 12.7 Å². The van der Waals surface area contributed by atoms with Crippen molar-refractivity contribution in [2.24, 2.45) is 0 Å². The van der Waals surface area contributed by atoms with Gasteiger partial charge in [-0.1, -0.05) is 6.07 Å². The highest BCUT2D eigenvalue weighted by Crippen LogP contribution is 2.02. The molecule has 0 bridgehead atoms. The number of nitrogens with one attached hydrogen (secondary N) is 1. The van der Waals surface area contributed by atoms with Gasteiger partial charge in [0.1, 0.15) is 6.04 Å². The Balaban J connectivity index is 2.13. The summed E-state index contributed by atoms with van der Waals surface area (Å²) in [6, 6.07) is 5.00. The lowest BCUT2D eigenvalue weighted by Gasteiger charge is -2.07. The molecule has 6 nitrogen and oxygen atoms in total. The molecule has 0 saturated heterocycles. The molecular formula is C10H12N4O2. The molecule has 16 heavy (non-hydrogen) atoms. The van der Waals surface area contributed by atoms with Crippen molar-refractivity contribution in [3.05, 3.63) is 30.2 Å². The second-order valence-electron chi connectivity index (χ2n) is 3.49. The first-order valence-electron chi connectivity index (χ1n) is 4.93. The average molecular weight is 220 g/mol. The monoisotopic (exact) mass is 220 g/mol. The lowest BCUT2D eigenvalue weighted by molar-refractivity contribution is -0.139. The van der Waals surface area contributed by atoms with Crippen LogP contribution in [0.3, 0.4) is 0 Å². The van der Waals surface area contributed by atoms with Crippen molar-refractivity contribution in [1.82, 2.24) is 19.9 Å². The standard InChI is InChI=1S/C10H12N4O2/c1-7(10(15)16)11-6-9-13-12-8-4-2-3-5-14(8)9/h2-5,7,11H,6H2,1H3,(H,15,16). The van der Waals surface area contributed by atoms with E-state index in [0.717, 1.165) is 5.65 Å². The molecule has 1 unspecified atom stereocenters. The first kappa shape index (κ1) is 10.6. The zero-order chi connectivity index (χ0) is 11.5. The molecule has 0 aliphatic carbocycles. The van der Waals surface area contributed by atoms with Crippen LogP contribution in [-0.4, -0.2) is 31.7 Å². The third-order valence-electron chi connectivity index (χ3n) is 2.32. The Bertz CT molecular complexity index is 508. The summed E-state index contributed by atoms with van der Waals surface area (Å²) in [6.45, 7) is 1.96. The summed E-state index contributed by atoms with van der Waals surface area (Å²) < 4.78 is 1.82. The lowest BCUT2D eigenvalue weighted by Crippen LogP contribution is -2.33. The predicted molar refractivity (Wildman–Crippen MR) is 56.9 cm³/mol. The molecule has 0 saturated carbocycles. The molecule has 0 amide bonds. The van der Waals surface area contributed by atoms with E-state index in [9.17, 15) is 4.79 Å². The Morgan fingerprint density at radius 1 is 1.56 bits per heavy atom. The minimum Gasteiger partial charge on any atom is -0.480 e. The van der Waals surface area contributed by atoms with E-state index < -0.39 is 12.0 Å². The largest absolute Gasteiger partial charge is 0.480 e. The first-order chi connectivity index (χ1) is 7.68. The maximum Gasteiger partial charge on any atom is 0.320 e. The average Bonchev–Trinajstić information content (AvgIpc) is 2.69. The second kappa shape index (κ2) is 4.28. The summed E-state index contributed by atoms with van der Waals surface area (Å²) in [5.74, 6) is -0.183. The van der Waals surface area contributed by atoms with Gasteiger partial charge in [-0.15, -0.1) is 10.2 Å². The Hall–Kier alpha value is -1.95. The van der Waals surface area contributed by atoms with Gasteiger partial charge < -0.3 is 5.11 Å². The Kier molecular flexibility index (Phi) is 2.82. The molecule has 1 atom stereocenters. The van der Waals surface area contributed by atoms with Crippen LogP contribution in [0.4, 0.5) is 0 Å². The zero-order valence-electron chi connectivity index (χ0n) is 8.79. The van der Waals surface area contributed by atoms with E-state index >= 15 is 0 Å². The quantitative estimate of drug-likeness (QED) is 0.774. The van der Waals surface area contributed by atoms with Gasteiger partial charge in [0, 0.05) is 6.20 Å². The van der Waals surface area contributed by atoms with Gasteiger partial charge in [0.15, 0.2) is 11.5 Å². The molecule has 0 aliphatic rings. The number of carboxylic acids is 1. The molecule has 2 heterocycles. The summed E-state index contributed by atoms with van der Waals surface area (Å²) >= 11 is 0. The maximum atomic E-state index is 10.6. The number of hydrogen-bond donors (Lipinski definition) is 2. The number of hydrogen-bond acceptors (Lipinski definition) is 4. The zero-order valence-corrected chi connectivity index (χ0v) is 8.79. The van der Waals surface area contributed by atoms with Crippen molar-refractivity contribution >= 4 is 11.6 Å². The van der Waals surface area contributed by atoms with E-state index in [2.05, 4.69) is 15.5 Å². The van der Waals surface area contributed by atoms with E-state index in [1.165, 1.54) is 0 Å². The fourth-order valence-corrected chi connectivity index (χ4v) is 1.34. The van der Waals surface area contributed by atoms with E-state index in [4.69, 9.17) is 5.11 Å². The smallest absolute Gasteiger partial charge is 0.320 e. The van der Waals surface area contributed by atoms with Crippen LogP contribution < -0.4 is 5.32 Å². The third-order valence-corrected chi connectivity index (χ3v) is 2.32. The third kappa shape index (κ3) is 2.01. The van der Waals surface area contributed by atoms with Crippen molar-refractivity contribution in [2.75, 3.05) is 0 Å². The molecule has 0 aromatic carbocycles. The van der Waals surface area contributed by atoms with Crippen LogP contribution in [-0.2, 0) is 11.3 Å². The van der Waals surface area contributed by atoms with Gasteiger partial charge in [0.05, 0.1) is 6.54 Å². The minimum absolute atomic E-state index is 0.374. The molecule has 2 N–H and O–H groups in total. The highest BCUT2D eigenvalue weighted by Gasteiger charge is 2.11. The van der Waals surface area contributed by atoms with Crippen LogP contribution in [0, 0.1) is 0 Å². The van der Waals surface area contributed by atoms with Crippen molar-refractivity contribution in [2.45, 2.75) is 19.5 Å². The fraction of sp³-hybridized carbons (Fsp3) is 0.300. The number of carboxylic acid groups (broad SMARTS) is 1. The molecule has 2 aromatic rings. The van der Waals surface area contributed by atoms with Gasteiger partial charge in [0.25, 0.3) is 0 Å². The summed E-state index contributed by atoms with van der Waals surface area (Å²) in [5, 5.41) is 19.5. The summed E-state index contributed by atoms with van der Waals surface area (Å²) in [6.07, 6.45) is 1.85. The minimum atomic E-state index is -0.881. The normalized spacial score (nSPS) is 12.8. The topological polar surface area (TPSA) is 79.5 Å². The van der Waals surface area contributed by atoms with E-state index in [1.54, 1.807) is 6.92 Å². The lowest BCUT2D eigenvalue weighted by atomic mass is 10.3. The van der Waals surface area contributed by atoms with Gasteiger partial charge in [-0.25, -0.2) is 0 Å². The van der Waals surface area contributed by atoms with Crippen molar-refractivity contribution < 1.29 is 9.90 Å². The number of aromatic nitrogens is 3. The Morgan fingerprint density at radius 2 is 2.38 bits per heavy atom. The number of nitrogens with zero attached hydrogens (tertiary/aromatic N) is 3. The van der Waals surface area contributed by atoms with Crippen LogP contribution >= 0.6 is 0 Å². The molecule has 0 radical (unpaired) electrons. The Morgan fingerprint density at radius 3 is 3.12 bits per heavy atom. The summed E-state index contributed by atoms with van der Waals surface area (Å²) in [5.41, 5.74) is 0.752. The molecule has 84 valence electrons. The van der Waals surface area contributed by atoms with Gasteiger partial charge in [-0.3, -0.25) is 14.5 Å². The van der Waals surface area contributed by atoms with Gasteiger partial charge in [0.2, 0.25) is 0 Å². The van der Waals surface area contributed by atoms with Crippen LogP contribution in [0.5, 0.6) is 0 Å². The van der Waals surface area contributed by atoms with Crippen molar-refractivity contribution in [3.63, 3.8) is 0 Å². The maximum absolute atomic E-state index is 10.6. The van der Waals surface area contributed by atoms with Gasteiger partial charge >= 0.3 is 5.97 Å². The summed E-state index contributed by atoms with van der Waals surface area (Å²) in [7, 11) is 0. The molecule has 0 fully saturated rings. The molecule has 0 aliphatic heterocycles. The summed E-state index contributed by atoms with van der Waals surface area (Å²) in [4.78, 5) is 10.6. The highest BCUT2D eigenvalue weighted by atomic mass is 16.4. The Labute approximate surface area is 91.9 Å². The number of rotatable bonds is 4. The van der Waals surface area contributed by atoms with Crippen molar-refractivity contribution in [3.8, 4) is 0 Å². The van der Waals surface area contributed by atoms with Crippen LogP contribution in [0.15, 0.2) is 24.4 Å². The second-order valence-corrected chi connectivity index (χ2v) is 3.49. The number of fused-ring (bicyclic) bond motifs is 1. The predicted octanol–water partition coefficient (Wildman–Crippen LogP) is 0.292. The molecule has 2 rings (SSSR count). The number of carbonyl (C=O) groups is 1. The van der Waals surface area contributed by atoms with Gasteiger partial charge in [-0.2, -0.15) is 0 Å². The molecular weight excluding hydrogens is 208 g/mol. The van der Waals surface area contributed by atoms with E-state index in [1.807, 2.05) is 28.8 Å². The fourth-order valence-electron chi connectivity index (χ4n) is 1.34. The van der Waals surface area contributed by atoms with E-state index in [0.29, 0.717) is 12.4 Å². The first-order valence-corrected chi connectivity index (χ1v) is 4.93. The molecule has 6 heteroatoms. The van der Waals surface area contributed by atoms with Gasteiger partial charge in [-0.05, 0) is 19.1 Å². The number of aliphatic carboxylic acids is 1. The van der Waals surface area contributed by atoms with Crippen molar-refractivity contribution in [1.29, 1.82) is 0 Å². The number of pyridine rings is 1.